The molecule has 2 heterocycles. The van der Waals surface area contributed by atoms with Gasteiger partial charge in [0.05, 0.1) is 5.69 Å². The summed E-state index contributed by atoms with van der Waals surface area (Å²) in [7, 11) is 2.04. The molecule has 0 saturated carbocycles. The number of likely N-dealkylation sites (N-methyl/N-ethyl adjacent to an activating group) is 1. The summed E-state index contributed by atoms with van der Waals surface area (Å²) in [6.07, 6.45) is 2.56. The van der Waals surface area contributed by atoms with Crippen LogP contribution in [0.25, 0.3) is 0 Å². The van der Waals surface area contributed by atoms with E-state index in [2.05, 4.69) is 27.5 Å². The van der Waals surface area contributed by atoms with E-state index < -0.39 is 0 Å². The summed E-state index contributed by atoms with van der Waals surface area (Å²) < 4.78 is 0. The van der Waals surface area contributed by atoms with Crippen molar-refractivity contribution in [3.63, 3.8) is 0 Å². The number of nitrogens with zero attached hydrogens (tertiary/aromatic N) is 2. The number of aromatic nitrogens is 1. The molecule has 1 unspecified atom stereocenters. The number of nitrogens with one attached hydrogen (secondary N) is 1. The van der Waals surface area contributed by atoms with Crippen molar-refractivity contribution in [3.8, 4) is 0 Å². The summed E-state index contributed by atoms with van der Waals surface area (Å²) in [5.41, 5.74) is 1.14. The molecule has 0 aliphatic carbocycles. The normalized spacial score (nSPS) is 22.7. The number of aryl methyl sites for hydroxylation is 1. The Hall–Kier alpha value is -0.610. The highest BCUT2D eigenvalue weighted by molar-refractivity contribution is 7.13. The summed E-state index contributed by atoms with van der Waals surface area (Å²) in [4.78, 5) is 6.91. The lowest BCUT2D eigenvalue weighted by Gasteiger charge is -2.32. The van der Waals surface area contributed by atoms with Gasteiger partial charge in [-0.25, -0.2) is 4.98 Å². The second kappa shape index (κ2) is 4.28. The van der Waals surface area contributed by atoms with Gasteiger partial charge >= 0.3 is 0 Å². The Morgan fingerprint density at radius 3 is 3.14 bits per heavy atom. The van der Waals surface area contributed by atoms with E-state index in [0.717, 1.165) is 18.8 Å². The molecule has 1 aromatic heterocycles. The maximum Gasteiger partial charge on any atom is 0.185 e. The van der Waals surface area contributed by atoms with Crippen molar-refractivity contribution in [2.24, 2.45) is 0 Å². The molecule has 1 aliphatic rings. The van der Waals surface area contributed by atoms with Crippen molar-refractivity contribution >= 4 is 16.5 Å². The van der Waals surface area contributed by atoms with Crippen molar-refractivity contribution in [2.75, 3.05) is 25.0 Å². The highest BCUT2D eigenvalue weighted by Gasteiger charge is 2.20. The van der Waals surface area contributed by atoms with Gasteiger partial charge in [-0.05, 0) is 26.8 Å². The van der Waals surface area contributed by atoms with Gasteiger partial charge in [0.25, 0.3) is 0 Å². The van der Waals surface area contributed by atoms with Crippen LogP contribution in [0.3, 0.4) is 0 Å². The lowest BCUT2D eigenvalue weighted by Crippen LogP contribution is -2.44. The molecule has 1 atom stereocenters. The van der Waals surface area contributed by atoms with Crippen molar-refractivity contribution < 1.29 is 0 Å². The first-order valence-corrected chi connectivity index (χ1v) is 6.02. The molecule has 0 bridgehead atoms. The Morgan fingerprint density at radius 1 is 1.64 bits per heavy atom. The Labute approximate surface area is 89.1 Å². The van der Waals surface area contributed by atoms with Crippen LogP contribution in [-0.4, -0.2) is 31.2 Å². The van der Waals surface area contributed by atoms with Gasteiger partial charge in [-0.3, -0.25) is 0 Å². The maximum atomic E-state index is 4.52. The highest BCUT2D eigenvalue weighted by atomic mass is 32.1. The third kappa shape index (κ3) is 2.07. The molecule has 1 aromatic rings. The van der Waals surface area contributed by atoms with Crippen LogP contribution in [0.5, 0.6) is 0 Å². The average Bonchev–Trinajstić information content (AvgIpc) is 2.65. The molecule has 2 rings (SSSR count). The molecule has 1 N–H and O–H groups in total. The Balaban J connectivity index is 2.04. The summed E-state index contributed by atoms with van der Waals surface area (Å²) in [5, 5.41) is 6.65. The van der Waals surface area contributed by atoms with Crippen LogP contribution in [-0.2, 0) is 0 Å². The standard InChI is InChI=1S/C10H17N3S/c1-8-7-14-10(12-8)13-5-3-4-9(6-13)11-2/h7,9,11H,3-6H2,1-2H3. The zero-order chi connectivity index (χ0) is 9.97. The Morgan fingerprint density at radius 2 is 2.50 bits per heavy atom. The minimum absolute atomic E-state index is 0.632. The molecule has 0 spiro atoms. The van der Waals surface area contributed by atoms with E-state index in [0.29, 0.717) is 6.04 Å². The molecule has 0 radical (unpaired) electrons. The number of hydrogen-bond donors (Lipinski definition) is 1. The Bertz CT molecular complexity index is 297. The van der Waals surface area contributed by atoms with Crippen molar-refractivity contribution in [1.82, 2.24) is 10.3 Å². The van der Waals surface area contributed by atoms with Crippen LogP contribution in [0.1, 0.15) is 18.5 Å². The van der Waals surface area contributed by atoms with E-state index in [1.807, 2.05) is 7.05 Å². The van der Waals surface area contributed by atoms with Crippen LogP contribution in [0.4, 0.5) is 5.13 Å². The number of anilines is 1. The molecular formula is C10H17N3S. The lowest BCUT2D eigenvalue weighted by molar-refractivity contribution is 0.449. The van der Waals surface area contributed by atoms with E-state index >= 15 is 0 Å². The lowest BCUT2D eigenvalue weighted by atomic mass is 10.1. The SMILES string of the molecule is CNC1CCCN(c2nc(C)cs2)C1. The van der Waals surface area contributed by atoms with Crippen LogP contribution in [0, 0.1) is 6.92 Å². The van der Waals surface area contributed by atoms with E-state index in [1.54, 1.807) is 11.3 Å². The molecule has 1 aliphatic heterocycles. The fourth-order valence-corrected chi connectivity index (χ4v) is 2.71. The number of thiazole rings is 1. The molecule has 3 nitrogen and oxygen atoms in total. The van der Waals surface area contributed by atoms with Crippen molar-refractivity contribution in [2.45, 2.75) is 25.8 Å². The van der Waals surface area contributed by atoms with Crippen LogP contribution < -0.4 is 10.2 Å². The summed E-state index contributed by atoms with van der Waals surface area (Å²) in [6.45, 7) is 4.31. The fraction of sp³-hybridized carbons (Fsp3) is 0.700. The molecule has 0 aromatic carbocycles. The van der Waals surface area contributed by atoms with Crippen molar-refractivity contribution in [1.29, 1.82) is 0 Å². The van der Waals surface area contributed by atoms with Gasteiger partial charge in [0, 0.05) is 24.5 Å². The third-order valence-electron chi connectivity index (χ3n) is 2.71. The van der Waals surface area contributed by atoms with Gasteiger partial charge in [0.15, 0.2) is 5.13 Å². The van der Waals surface area contributed by atoms with Gasteiger partial charge in [-0.1, -0.05) is 0 Å². The molecule has 4 heteroatoms. The van der Waals surface area contributed by atoms with E-state index in [4.69, 9.17) is 0 Å². The maximum absolute atomic E-state index is 4.52. The average molecular weight is 211 g/mol. The smallest absolute Gasteiger partial charge is 0.185 e. The molecule has 1 saturated heterocycles. The van der Waals surface area contributed by atoms with Gasteiger partial charge in [0.1, 0.15) is 0 Å². The third-order valence-corrected chi connectivity index (χ3v) is 3.73. The Kier molecular flexibility index (Phi) is 3.03. The van der Waals surface area contributed by atoms with Crippen LogP contribution in [0.15, 0.2) is 5.38 Å². The van der Waals surface area contributed by atoms with E-state index in [-0.39, 0.29) is 0 Å². The highest BCUT2D eigenvalue weighted by Crippen LogP contribution is 2.23. The minimum atomic E-state index is 0.632. The summed E-state index contributed by atoms with van der Waals surface area (Å²) in [6, 6.07) is 0.632. The summed E-state index contributed by atoms with van der Waals surface area (Å²) >= 11 is 1.76. The number of piperidine rings is 1. The predicted octanol–water partition coefficient (Wildman–Crippen LogP) is 1.64. The first-order valence-electron chi connectivity index (χ1n) is 5.14. The molecule has 0 amide bonds. The zero-order valence-electron chi connectivity index (χ0n) is 8.79. The van der Waals surface area contributed by atoms with Gasteiger partial charge < -0.3 is 10.2 Å². The number of rotatable bonds is 2. The van der Waals surface area contributed by atoms with Crippen LogP contribution >= 0.6 is 11.3 Å². The first-order chi connectivity index (χ1) is 6.79. The largest absolute Gasteiger partial charge is 0.347 e. The van der Waals surface area contributed by atoms with E-state index in [1.165, 1.54) is 18.0 Å². The van der Waals surface area contributed by atoms with Crippen molar-refractivity contribution in [3.05, 3.63) is 11.1 Å². The molecule has 78 valence electrons. The van der Waals surface area contributed by atoms with E-state index in [9.17, 15) is 0 Å². The van der Waals surface area contributed by atoms with Gasteiger partial charge in [0.2, 0.25) is 0 Å². The zero-order valence-corrected chi connectivity index (χ0v) is 9.60. The molecular weight excluding hydrogens is 194 g/mol. The van der Waals surface area contributed by atoms with Crippen LogP contribution in [0.2, 0.25) is 0 Å². The predicted molar refractivity (Wildman–Crippen MR) is 61.1 cm³/mol. The fourth-order valence-electron chi connectivity index (χ4n) is 1.87. The molecule has 14 heavy (non-hydrogen) atoms. The molecule has 1 fully saturated rings. The second-order valence-corrected chi connectivity index (χ2v) is 4.68. The summed E-state index contributed by atoms with van der Waals surface area (Å²) in [5.74, 6) is 0. The minimum Gasteiger partial charge on any atom is -0.347 e. The first kappa shape index (κ1) is 9.93. The topological polar surface area (TPSA) is 28.2 Å². The second-order valence-electron chi connectivity index (χ2n) is 3.85. The monoisotopic (exact) mass is 211 g/mol. The van der Waals surface area contributed by atoms with Gasteiger partial charge in [-0.2, -0.15) is 0 Å². The van der Waals surface area contributed by atoms with Gasteiger partial charge in [-0.15, -0.1) is 11.3 Å². The number of hydrogen-bond acceptors (Lipinski definition) is 4. The quantitative estimate of drug-likeness (QED) is 0.806.